The van der Waals surface area contributed by atoms with Crippen LogP contribution in [0.5, 0.6) is 11.5 Å². The van der Waals surface area contributed by atoms with E-state index >= 15 is 0 Å². The van der Waals surface area contributed by atoms with Crippen LogP contribution in [0, 0.1) is 25.5 Å². The van der Waals surface area contributed by atoms with Crippen LogP contribution >= 0.6 is 0 Å². The first-order valence-corrected chi connectivity index (χ1v) is 6.39. The van der Waals surface area contributed by atoms with Crippen LogP contribution in [-0.4, -0.2) is 7.05 Å². The number of halogens is 2. The minimum absolute atomic E-state index is 0.364. The van der Waals surface area contributed by atoms with Crippen LogP contribution in [0.4, 0.5) is 8.78 Å². The molecule has 0 spiro atoms. The van der Waals surface area contributed by atoms with Gasteiger partial charge in [0.1, 0.15) is 5.75 Å². The molecule has 20 heavy (non-hydrogen) atoms. The Morgan fingerprint density at radius 2 is 1.70 bits per heavy atom. The Labute approximate surface area is 117 Å². The zero-order chi connectivity index (χ0) is 14.7. The average molecular weight is 277 g/mol. The van der Waals surface area contributed by atoms with Gasteiger partial charge in [0.2, 0.25) is 0 Å². The molecule has 0 aromatic heterocycles. The molecule has 2 aromatic carbocycles. The normalized spacial score (nSPS) is 10.7. The molecule has 0 saturated carbocycles. The number of benzene rings is 2. The number of ether oxygens (including phenoxy) is 1. The summed E-state index contributed by atoms with van der Waals surface area (Å²) in [6.07, 6.45) is 0. The van der Waals surface area contributed by atoms with E-state index in [1.807, 2.05) is 26.0 Å². The van der Waals surface area contributed by atoms with Crippen LogP contribution in [0.15, 0.2) is 30.3 Å². The topological polar surface area (TPSA) is 21.3 Å². The highest BCUT2D eigenvalue weighted by atomic mass is 19.1. The van der Waals surface area contributed by atoms with Gasteiger partial charge in [-0.15, -0.1) is 0 Å². The third kappa shape index (κ3) is 3.14. The summed E-state index contributed by atoms with van der Waals surface area (Å²) in [6.45, 7) is 4.19. The van der Waals surface area contributed by atoms with Crippen molar-refractivity contribution in [1.29, 1.82) is 0 Å². The van der Waals surface area contributed by atoms with Crippen molar-refractivity contribution in [3.8, 4) is 11.5 Å². The number of hydrogen-bond acceptors (Lipinski definition) is 2. The van der Waals surface area contributed by atoms with Gasteiger partial charge in [0.15, 0.2) is 17.4 Å². The number of rotatable bonds is 4. The van der Waals surface area contributed by atoms with Crippen molar-refractivity contribution >= 4 is 0 Å². The fourth-order valence-corrected chi connectivity index (χ4v) is 2.04. The van der Waals surface area contributed by atoms with Crippen LogP contribution in [0.25, 0.3) is 0 Å². The SMILES string of the molecule is CNCc1cc(F)c(Oc2ccc(C)cc2C)c(F)c1. The first-order chi connectivity index (χ1) is 9.51. The molecule has 2 rings (SSSR count). The maximum absolute atomic E-state index is 13.9. The lowest BCUT2D eigenvalue weighted by atomic mass is 10.1. The minimum Gasteiger partial charge on any atom is -0.451 e. The standard InChI is InChI=1S/C16H17F2NO/c1-10-4-5-15(11(2)6-10)20-16-13(17)7-12(9-19-3)8-14(16)18/h4-8,19H,9H2,1-3H3. The van der Waals surface area contributed by atoms with Gasteiger partial charge in [0, 0.05) is 6.54 Å². The Bertz CT molecular complexity index is 603. The van der Waals surface area contributed by atoms with Crippen LogP contribution in [0.2, 0.25) is 0 Å². The van der Waals surface area contributed by atoms with Crippen LogP contribution in [0.3, 0.4) is 0 Å². The van der Waals surface area contributed by atoms with Gasteiger partial charge in [-0.2, -0.15) is 0 Å². The van der Waals surface area contributed by atoms with Crippen molar-refractivity contribution in [3.05, 3.63) is 58.7 Å². The summed E-state index contributed by atoms with van der Waals surface area (Å²) in [6, 6.07) is 8.01. The predicted molar refractivity (Wildman–Crippen MR) is 75.1 cm³/mol. The average Bonchev–Trinajstić information content (AvgIpc) is 2.36. The van der Waals surface area contributed by atoms with E-state index in [9.17, 15) is 8.78 Å². The molecule has 0 atom stereocenters. The Kier molecular flexibility index (Phi) is 4.35. The molecule has 1 N–H and O–H groups in total. The highest BCUT2D eigenvalue weighted by Gasteiger charge is 2.14. The summed E-state index contributed by atoms with van der Waals surface area (Å²) in [7, 11) is 1.72. The Morgan fingerprint density at radius 3 is 2.25 bits per heavy atom. The predicted octanol–water partition coefficient (Wildman–Crippen LogP) is 4.09. The molecule has 0 bridgehead atoms. The molecule has 2 nitrogen and oxygen atoms in total. The summed E-state index contributed by atoms with van der Waals surface area (Å²) in [5.41, 5.74) is 2.44. The fourth-order valence-electron chi connectivity index (χ4n) is 2.04. The highest BCUT2D eigenvalue weighted by molar-refractivity contribution is 5.41. The van der Waals surface area contributed by atoms with Gasteiger partial charge in [0.05, 0.1) is 0 Å². The van der Waals surface area contributed by atoms with Gasteiger partial charge in [-0.25, -0.2) is 8.78 Å². The van der Waals surface area contributed by atoms with Crippen molar-refractivity contribution in [3.63, 3.8) is 0 Å². The van der Waals surface area contributed by atoms with Gasteiger partial charge >= 0.3 is 0 Å². The summed E-state index contributed by atoms with van der Waals surface area (Å²) >= 11 is 0. The molecule has 0 amide bonds. The molecule has 0 aliphatic carbocycles. The molecule has 0 radical (unpaired) electrons. The molecule has 0 fully saturated rings. The maximum atomic E-state index is 13.9. The van der Waals surface area contributed by atoms with Crippen LogP contribution < -0.4 is 10.1 Å². The molecule has 0 saturated heterocycles. The van der Waals surface area contributed by atoms with E-state index in [1.165, 1.54) is 12.1 Å². The Balaban J connectivity index is 2.33. The lowest BCUT2D eigenvalue weighted by molar-refractivity contribution is 0.404. The summed E-state index contributed by atoms with van der Waals surface area (Å²) in [5, 5.41) is 2.85. The van der Waals surface area contributed by atoms with Gasteiger partial charge in [-0.1, -0.05) is 17.7 Å². The summed E-state index contributed by atoms with van der Waals surface area (Å²) in [5.74, 6) is -1.31. The second kappa shape index (κ2) is 6.01. The van der Waals surface area contributed by atoms with Gasteiger partial charge in [-0.3, -0.25) is 0 Å². The first-order valence-electron chi connectivity index (χ1n) is 6.39. The summed E-state index contributed by atoms with van der Waals surface area (Å²) in [4.78, 5) is 0. The molecule has 0 aliphatic heterocycles. The van der Waals surface area contributed by atoms with E-state index in [0.29, 0.717) is 17.9 Å². The second-order valence-electron chi connectivity index (χ2n) is 4.79. The van der Waals surface area contributed by atoms with Crippen LogP contribution in [-0.2, 0) is 6.54 Å². The van der Waals surface area contributed by atoms with E-state index in [0.717, 1.165) is 11.1 Å². The monoisotopic (exact) mass is 277 g/mol. The number of nitrogens with one attached hydrogen (secondary N) is 1. The highest BCUT2D eigenvalue weighted by Crippen LogP contribution is 2.30. The Hall–Kier alpha value is -1.94. The second-order valence-corrected chi connectivity index (χ2v) is 4.79. The van der Waals surface area contributed by atoms with Gasteiger partial charge < -0.3 is 10.1 Å². The van der Waals surface area contributed by atoms with E-state index < -0.39 is 11.6 Å². The lowest BCUT2D eigenvalue weighted by Gasteiger charge is -2.12. The minimum atomic E-state index is -0.699. The van der Waals surface area contributed by atoms with E-state index in [2.05, 4.69) is 5.32 Å². The summed E-state index contributed by atoms with van der Waals surface area (Å²) < 4.78 is 33.3. The molecule has 2 aromatic rings. The molecule has 106 valence electrons. The van der Waals surface area contributed by atoms with E-state index in [1.54, 1.807) is 13.1 Å². The molecular formula is C16H17F2NO. The van der Waals surface area contributed by atoms with Gasteiger partial charge in [-0.05, 0) is 50.2 Å². The molecule has 0 unspecified atom stereocenters. The zero-order valence-corrected chi connectivity index (χ0v) is 11.8. The maximum Gasteiger partial charge on any atom is 0.198 e. The van der Waals surface area contributed by atoms with E-state index in [4.69, 9.17) is 4.74 Å². The number of aryl methyl sites for hydroxylation is 2. The molecule has 0 heterocycles. The third-order valence-corrected chi connectivity index (χ3v) is 2.98. The number of hydrogen-bond donors (Lipinski definition) is 1. The largest absolute Gasteiger partial charge is 0.451 e. The quantitative estimate of drug-likeness (QED) is 0.908. The van der Waals surface area contributed by atoms with Crippen molar-refractivity contribution in [2.24, 2.45) is 0 Å². The molecular weight excluding hydrogens is 260 g/mol. The Morgan fingerprint density at radius 1 is 1.05 bits per heavy atom. The van der Waals surface area contributed by atoms with Crippen molar-refractivity contribution in [2.45, 2.75) is 20.4 Å². The van der Waals surface area contributed by atoms with Crippen LogP contribution in [0.1, 0.15) is 16.7 Å². The first kappa shape index (κ1) is 14.5. The van der Waals surface area contributed by atoms with Crippen molar-refractivity contribution in [1.82, 2.24) is 5.32 Å². The molecule has 4 heteroatoms. The molecule has 0 aliphatic rings. The lowest BCUT2D eigenvalue weighted by Crippen LogP contribution is -2.06. The van der Waals surface area contributed by atoms with Crippen molar-refractivity contribution < 1.29 is 13.5 Å². The van der Waals surface area contributed by atoms with Gasteiger partial charge in [0.25, 0.3) is 0 Å². The fraction of sp³-hybridized carbons (Fsp3) is 0.250. The van der Waals surface area contributed by atoms with E-state index in [-0.39, 0.29) is 5.75 Å². The smallest absolute Gasteiger partial charge is 0.198 e. The zero-order valence-electron chi connectivity index (χ0n) is 11.8. The van der Waals surface area contributed by atoms with Crippen molar-refractivity contribution in [2.75, 3.05) is 7.05 Å². The third-order valence-electron chi connectivity index (χ3n) is 2.98.